The molecule has 10 heteroatoms. The van der Waals surface area contributed by atoms with E-state index in [-0.39, 0.29) is 12.1 Å². The summed E-state index contributed by atoms with van der Waals surface area (Å²) >= 11 is 1.47. The molecule has 2 N–H and O–H groups in total. The number of aromatic nitrogens is 3. The summed E-state index contributed by atoms with van der Waals surface area (Å²) in [6.45, 7) is -0.0406. The predicted octanol–water partition coefficient (Wildman–Crippen LogP) is 3.36. The van der Waals surface area contributed by atoms with Gasteiger partial charge >= 0.3 is 6.36 Å². The molecular formula is C15H11F3N4O2S. The number of para-hydroxylation sites is 1. The summed E-state index contributed by atoms with van der Waals surface area (Å²) in [5, 5.41) is 11.1. The highest BCUT2D eigenvalue weighted by Gasteiger charge is 2.32. The molecule has 2 heterocycles. The molecule has 2 aromatic heterocycles. The first-order valence-electron chi connectivity index (χ1n) is 7.00. The van der Waals surface area contributed by atoms with Crippen LogP contribution in [0.5, 0.6) is 5.75 Å². The summed E-state index contributed by atoms with van der Waals surface area (Å²) in [6, 6.07) is 8.83. The Hall–Kier alpha value is -2.88. The molecule has 1 aromatic carbocycles. The van der Waals surface area contributed by atoms with Gasteiger partial charge in [0, 0.05) is 0 Å². The molecule has 0 aliphatic carbocycles. The summed E-state index contributed by atoms with van der Waals surface area (Å²) in [7, 11) is 0. The zero-order chi connectivity index (χ0) is 17.9. The number of amides is 1. The van der Waals surface area contributed by atoms with Crippen molar-refractivity contribution in [1.29, 1.82) is 0 Å². The van der Waals surface area contributed by atoms with Gasteiger partial charge in [-0.15, -0.1) is 24.5 Å². The van der Waals surface area contributed by atoms with Crippen LogP contribution in [0, 0.1) is 0 Å². The second-order valence-electron chi connectivity index (χ2n) is 4.80. The van der Waals surface area contributed by atoms with E-state index in [1.165, 1.54) is 29.5 Å². The van der Waals surface area contributed by atoms with Crippen molar-refractivity contribution in [2.24, 2.45) is 0 Å². The number of benzene rings is 1. The van der Waals surface area contributed by atoms with Crippen LogP contribution in [0.1, 0.15) is 16.2 Å². The number of ether oxygens (including phenoxy) is 1. The molecule has 6 nitrogen and oxygen atoms in total. The Kier molecular flexibility index (Phi) is 4.70. The molecule has 0 saturated heterocycles. The lowest BCUT2D eigenvalue weighted by Gasteiger charge is -2.12. The molecule has 0 saturated carbocycles. The summed E-state index contributed by atoms with van der Waals surface area (Å²) in [6.07, 6.45) is -4.88. The Morgan fingerprint density at radius 2 is 2.04 bits per heavy atom. The first-order valence-corrected chi connectivity index (χ1v) is 7.88. The molecule has 0 fully saturated rings. The van der Waals surface area contributed by atoms with E-state index in [1.807, 2.05) is 17.5 Å². The van der Waals surface area contributed by atoms with Gasteiger partial charge in [0.1, 0.15) is 5.75 Å². The van der Waals surface area contributed by atoms with Crippen LogP contribution in [0.2, 0.25) is 0 Å². The van der Waals surface area contributed by atoms with Gasteiger partial charge in [-0.25, -0.2) is 4.98 Å². The number of alkyl halides is 3. The Morgan fingerprint density at radius 3 is 2.76 bits per heavy atom. The highest BCUT2D eigenvalue weighted by molar-refractivity contribution is 7.13. The normalized spacial score (nSPS) is 11.3. The molecule has 0 aliphatic rings. The highest BCUT2D eigenvalue weighted by atomic mass is 32.1. The third-order valence-corrected chi connectivity index (χ3v) is 3.93. The van der Waals surface area contributed by atoms with Gasteiger partial charge in [0.2, 0.25) is 0 Å². The molecule has 130 valence electrons. The third kappa shape index (κ3) is 4.35. The standard InChI is InChI=1S/C15H11F3N4O2S/c16-15(17,18)24-10-5-2-1-4-9(10)14(23)19-8-12-20-13(22-21-12)11-6-3-7-25-11/h1-7H,8H2,(H,19,23)(H,20,21,22). The molecule has 3 rings (SSSR count). The molecular weight excluding hydrogens is 357 g/mol. The van der Waals surface area contributed by atoms with Gasteiger partial charge < -0.3 is 10.1 Å². The Labute approximate surface area is 143 Å². The number of thiophene rings is 1. The zero-order valence-corrected chi connectivity index (χ0v) is 13.3. The van der Waals surface area contributed by atoms with Crippen LogP contribution in [0.15, 0.2) is 41.8 Å². The molecule has 0 spiro atoms. The van der Waals surface area contributed by atoms with Crippen molar-refractivity contribution >= 4 is 17.2 Å². The van der Waals surface area contributed by atoms with E-state index in [0.29, 0.717) is 11.6 Å². The number of nitrogens with zero attached hydrogens (tertiary/aromatic N) is 2. The van der Waals surface area contributed by atoms with Crippen LogP contribution >= 0.6 is 11.3 Å². The van der Waals surface area contributed by atoms with Crippen molar-refractivity contribution in [3.05, 3.63) is 53.2 Å². The topological polar surface area (TPSA) is 79.9 Å². The molecule has 0 atom stereocenters. The summed E-state index contributed by atoms with van der Waals surface area (Å²) in [5.74, 6) is -0.421. The summed E-state index contributed by atoms with van der Waals surface area (Å²) in [4.78, 5) is 17.2. The molecule has 0 radical (unpaired) electrons. The largest absolute Gasteiger partial charge is 0.573 e. The lowest BCUT2D eigenvalue weighted by molar-refractivity contribution is -0.274. The fourth-order valence-corrected chi connectivity index (χ4v) is 2.69. The maximum absolute atomic E-state index is 12.4. The van der Waals surface area contributed by atoms with Crippen molar-refractivity contribution < 1.29 is 22.7 Å². The van der Waals surface area contributed by atoms with Crippen LogP contribution in [0.25, 0.3) is 10.7 Å². The number of rotatable bonds is 5. The zero-order valence-electron chi connectivity index (χ0n) is 12.5. The highest BCUT2D eigenvalue weighted by Crippen LogP contribution is 2.26. The third-order valence-electron chi connectivity index (χ3n) is 3.05. The maximum Gasteiger partial charge on any atom is 0.573 e. The van der Waals surface area contributed by atoms with Gasteiger partial charge in [0.05, 0.1) is 17.0 Å². The maximum atomic E-state index is 12.4. The number of carbonyl (C=O) groups excluding carboxylic acids is 1. The number of hydrogen-bond donors (Lipinski definition) is 2. The molecule has 0 aliphatic heterocycles. The number of aromatic amines is 1. The minimum absolute atomic E-state index is 0.0406. The van der Waals surface area contributed by atoms with E-state index in [2.05, 4.69) is 25.2 Å². The molecule has 1 amide bonds. The quantitative estimate of drug-likeness (QED) is 0.724. The van der Waals surface area contributed by atoms with E-state index in [4.69, 9.17) is 0 Å². The average Bonchev–Trinajstić information content (AvgIpc) is 3.23. The molecule has 0 bridgehead atoms. The van der Waals surface area contributed by atoms with E-state index in [9.17, 15) is 18.0 Å². The second-order valence-corrected chi connectivity index (χ2v) is 5.75. The smallest absolute Gasteiger partial charge is 0.405 e. The van der Waals surface area contributed by atoms with Crippen LogP contribution in [0.3, 0.4) is 0 Å². The van der Waals surface area contributed by atoms with E-state index < -0.39 is 18.0 Å². The fourth-order valence-electron chi connectivity index (χ4n) is 2.02. The average molecular weight is 368 g/mol. The van der Waals surface area contributed by atoms with Gasteiger partial charge in [0.25, 0.3) is 5.91 Å². The van der Waals surface area contributed by atoms with Crippen LogP contribution in [0.4, 0.5) is 13.2 Å². The first kappa shape index (κ1) is 17.0. The van der Waals surface area contributed by atoms with E-state index in [0.717, 1.165) is 10.9 Å². The Bertz CT molecular complexity index is 862. The molecule has 3 aromatic rings. The van der Waals surface area contributed by atoms with Crippen molar-refractivity contribution in [2.45, 2.75) is 12.9 Å². The summed E-state index contributed by atoms with van der Waals surface area (Å²) < 4.78 is 41.0. The van der Waals surface area contributed by atoms with Gasteiger partial charge in [0.15, 0.2) is 11.6 Å². The van der Waals surface area contributed by atoms with E-state index in [1.54, 1.807) is 0 Å². The van der Waals surface area contributed by atoms with Crippen molar-refractivity contribution in [1.82, 2.24) is 20.5 Å². The van der Waals surface area contributed by atoms with Crippen LogP contribution in [-0.2, 0) is 6.54 Å². The first-order chi connectivity index (χ1) is 11.9. The van der Waals surface area contributed by atoms with Crippen molar-refractivity contribution in [3.8, 4) is 16.5 Å². The van der Waals surface area contributed by atoms with Crippen molar-refractivity contribution in [2.75, 3.05) is 0 Å². The molecule has 25 heavy (non-hydrogen) atoms. The van der Waals surface area contributed by atoms with Gasteiger partial charge in [-0.05, 0) is 23.6 Å². The second kappa shape index (κ2) is 6.93. The predicted molar refractivity (Wildman–Crippen MR) is 84.0 cm³/mol. The number of nitrogens with one attached hydrogen (secondary N) is 2. The minimum atomic E-state index is -4.88. The van der Waals surface area contributed by atoms with E-state index >= 15 is 0 Å². The molecule has 0 unspecified atom stereocenters. The SMILES string of the molecule is O=C(NCc1n[nH]c(-c2cccs2)n1)c1ccccc1OC(F)(F)F. The van der Waals surface area contributed by atoms with Gasteiger partial charge in [-0.1, -0.05) is 18.2 Å². The Balaban J connectivity index is 1.67. The Morgan fingerprint density at radius 1 is 1.24 bits per heavy atom. The lowest BCUT2D eigenvalue weighted by Crippen LogP contribution is -2.26. The van der Waals surface area contributed by atoms with Crippen molar-refractivity contribution in [3.63, 3.8) is 0 Å². The monoisotopic (exact) mass is 368 g/mol. The number of carbonyl (C=O) groups is 1. The number of hydrogen-bond acceptors (Lipinski definition) is 5. The summed E-state index contributed by atoms with van der Waals surface area (Å²) in [5.41, 5.74) is -0.228. The fraction of sp³-hybridized carbons (Fsp3) is 0.133. The number of halogens is 3. The van der Waals surface area contributed by atoms with Gasteiger partial charge in [-0.2, -0.15) is 5.10 Å². The van der Waals surface area contributed by atoms with Crippen LogP contribution < -0.4 is 10.1 Å². The van der Waals surface area contributed by atoms with Crippen LogP contribution in [-0.4, -0.2) is 27.5 Å². The lowest BCUT2D eigenvalue weighted by atomic mass is 10.2. The number of H-pyrrole nitrogens is 1. The van der Waals surface area contributed by atoms with Gasteiger partial charge in [-0.3, -0.25) is 9.89 Å². The minimum Gasteiger partial charge on any atom is -0.405 e.